The molecule has 0 radical (unpaired) electrons. The van der Waals surface area contributed by atoms with Gasteiger partial charge in [0, 0.05) is 25.1 Å². The van der Waals surface area contributed by atoms with E-state index in [1.165, 1.54) is 7.11 Å². The van der Waals surface area contributed by atoms with Gasteiger partial charge < -0.3 is 14.2 Å². The summed E-state index contributed by atoms with van der Waals surface area (Å²) < 4.78 is 18.6. The molecule has 1 N–H and O–H groups in total. The van der Waals surface area contributed by atoms with Gasteiger partial charge in [0.25, 0.3) is 5.91 Å². The van der Waals surface area contributed by atoms with Gasteiger partial charge in [0.1, 0.15) is 16.0 Å². The van der Waals surface area contributed by atoms with Gasteiger partial charge >= 0.3 is 0 Å². The maximum Gasteiger partial charge on any atom is 0.273 e. The standard InChI is InChI=1S/C22H23BrN4O4/c1-14(16-12-18(29-2)20(23)19(13-16)30-3)25-26-22(28)21(31-4)15-6-8-17(9-7-15)27-11-5-10-24-27/h5-13,21H,1-4H3,(H,26,28). The zero-order valence-corrected chi connectivity index (χ0v) is 19.2. The number of ether oxygens (including phenoxy) is 3. The summed E-state index contributed by atoms with van der Waals surface area (Å²) in [6.07, 6.45) is 2.74. The van der Waals surface area contributed by atoms with Crippen LogP contribution in [-0.2, 0) is 9.53 Å². The van der Waals surface area contributed by atoms with Gasteiger partial charge in [-0.25, -0.2) is 10.1 Å². The minimum Gasteiger partial charge on any atom is -0.495 e. The molecule has 0 aliphatic carbocycles. The van der Waals surface area contributed by atoms with Crippen molar-refractivity contribution >= 4 is 27.5 Å². The highest BCUT2D eigenvalue weighted by Gasteiger charge is 2.20. The Labute approximate surface area is 188 Å². The SMILES string of the molecule is COc1cc(C(C)=NNC(=O)C(OC)c2ccc(-n3cccn3)cc2)cc(OC)c1Br. The lowest BCUT2D eigenvalue weighted by Crippen LogP contribution is -2.27. The number of rotatable bonds is 8. The average Bonchev–Trinajstić information content (AvgIpc) is 3.33. The molecular formula is C22H23BrN4O4. The summed E-state index contributed by atoms with van der Waals surface area (Å²) in [5, 5.41) is 8.42. The molecule has 162 valence electrons. The molecule has 1 unspecified atom stereocenters. The minimum absolute atomic E-state index is 0.385. The molecule has 0 saturated carbocycles. The Balaban J connectivity index is 1.75. The second kappa shape index (κ2) is 10.2. The number of aromatic nitrogens is 2. The fraction of sp³-hybridized carbons (Fsp3) is 0.227. The zero-order valence-electron chi connectivity index (χ0n) is 17.6. The number of nitrogens with one attached hydrogen (secondary N) is 1. The van der Waals surface area contributed by atoms with Gasteiger partial charge in [-0.05, 0) is 58.7 Å². The molecule has 0 aliphatic rings. The van der Waals surface area contributed by atoms with Crippen molar-refractivity contribution < 1.29 is 19.0 Å². The number of halogens is 1. The number of carbonyl (C=O) groups is 1. The van der Waals surface area contributed by atoms with Gasteiger partial charge in [-0.3, -0.25) is 4.79 Å². The van der Waals surface area contributed by atoms with Crippen LogP contribution in [0.5, 0.6) is 11.5 Å². The van der Waals surface area contributed by atoms with E-state index in [1.54, 1.807) is 44.2 Å². The minimum atomic E-state index is -0.808. The molecule has 3 aromatic rings. The van der Waals surface area contributed by atoms with Crippen molar-refractivity contribution in [3.05, 3.63) is 70.5 Å². The molecule has 9 heteroatoms. The normalized spacial score (nSPS) is 12.4. The maximum atomic E-state index is 12.7. The number of amides is 1. The second-order valence-electron chi connectivity index (χ2n) is 6.53. The molecule has 0 spiro atoms. The predicted molar refractivity (Wildman–Crippen MR) is 121 cm³/mol. The van der Waals surface area contributed by atoms with Crippen molar-refractivity contribution in [2.75, 3.05) is 21.3 Å². The van der Waals surface area contributed by atoms with Gasteiger partial charge in [-0.15, -0.1) is 0 Å². The van der Waals surface area contributed by atoms with E-state index in [2.05, 4.69) is 31.6 Å². The van der Waals surface area contributed by atoms with Crippen molar-refractivity contribution in [1.29, 1.82) is 0 Å². The first-order chi connectivity index (χ1) is 15.0. The van der Waals surface area contributed by atoms with Crippen LogP contribution in [0, 0.1) is 0 Å². The quantitative estimate of drug-likeness (QED) is 0.385. The Bertz CT molecular complexity index is 1040. The number of hydrogen-bond donors (Lipinski definition) is 1. The van der Waals surface area contributed by atoms with Crippen LogP contribution < -0.4 is 14.9 Å². The van der Waals surface area contributed by atoms with Gasteiger partial charge in [0.15, 0.2) is 6.10 Å². The van der Waals surface area contributed by atoms with E-state index in [-0.39, 0.29) is 5.91 Å². The van der Waals surface area contributed by atoms with Gasteiger partial charge in [0.2, 0.25) is 0 Å². The Kier molecular flexibility index (Phi) is 7.43. The first-order valence-electron chi connectivity index (χ1n) is 9.37. The van der Waals surface area contributed by atoms with Crippen molar-refractivity contribution in [2.24, 2.45) is 5.10 Å². The molecule has 1 amide bonds. The molecule has 2 aromatic carbocycles. The third-order valence-electron chi connectivity index (χ3n) is 4.64. The van der Waals surface area contributed by atoms with Crippen LogP contribution in [-0.4, -0.2) is 42.7 Å². The Morgan fingerprint density at radius 1 is 1.13 bits per heavy atom. The summed E-state index contributed by atoms with van der Waals surface area (Å²) in [4.78, 5) is 12.7. The Hall–Kier alpha value is -3.17. The predicted octanol–water partition coefficient (Wildman–Crippen LogP) is 3.88. The van der Waals surface area contributed by atoms with Gasteiger partial charge in [-0.2, -0.15) is 10.2 Å². The number of hydrazone groups is 1. The van der Waals surface area contributed by atoms with E-state index in [9.17, 15) is 4.79 Å². The lowest BCUT2D eigenvalue weighted by Gasteiger charge is -2.15. The molecule has 0 saturated heterocycles. The van der Waals surface area contributed by atoms with Crippen LogP contribution in [0.1, 0.15) is 24.2 Å². The molecule has 31 heavy (non-hydrogen) atoms. The molecule has 0 fully saturated rings. The zero-order chi connectivity index (χ0) is 22.4. The van der Waals surface area contributed by atoms with Crippen molar-refractivity contribution in [2.45, 2.75) is 13.0 Å². The molecule has 8 nitrogen and oxygen atoms in total. The fourth-order valence-corrected chi connectivity index (χ4v) is 3.51. The number of hydrogen-bond acceptors (Lipinski definition) is 6. The topological polar surface area (TPSA) is 87.0 Å². The summed E-state index contributed by atoms with van der Waals surface area (Å²) in [5.41, 5.74) is 5.49. The van der Waals surface area contributed by atoms with Gasteiger partial charge in [0.05, 0.1) is 25.6 Å². The van der Waals surface area contributed by atoms with Crippen LogP contribution in [0.25, 0.3) is 5.69 Å². The van der Waals surface area contributed by atoms with E-state index in [0.29, 0.717) is 27.2 Å². The second-order valence-corrected chi connectivity index (χ2v) is 7.32. The van der Waals surface area contributed by atoms with E-state index >= 15 is 0 Å². The molecule has 0 bridgehead atoms. The third kappa shape index (κ3) is 5.12. The highest BCUT2D eigenvalue weighted by Crippen LogP contribution is 2.35. The summed E-state index contributed by atoms with van der Waals surface area (Å²) in [5.74, 6) is 0.814. The van der Waals surface area contributed by atoms with Crippen molar-refractivity contribution in [3.63, 3.8) is 0 Å². The van der Waals surface area contributed by atoms with Crippen LogP contribution in [0.4, 0.5) is 0 Å². The summed E-state index contributed by atoms with van der Waals surface area (Å²) in [7, 11) is 4.61. The lowest BCUT2D eigenvalue weighted by atomic mass is 10.1. The number of nitrogens with zero attached hydrogens (tertiary/aromatic N) is 3. The van der Waals surface area contributed by atoms with Crippen LogP contribution in [0.15, 0.2) is 64.4 Å². The summed E-state index contributed by atoms with van der Waals surface area (Å²) in [6.45, 7) is 1.78. The maximum absolute atomic E-state index is 12.7. The van der Waals surface area contributed by atoms with E-state index in [0.717, 1.165) is 11.3 Å². The van der Waals surface area contributed by atoms with Crippen molar-refractivity contribution in [1.82, 2.24) is 15.2 Å². The lowest BCUT2D eigenvalue weighted by molar-refractivity contribution is -0.131. The van der Waals surface area contributed by atoms with Crippen molar-refractivity contribution in [3.8, 4) is 17.2 Å². The average molecular weight is 487 g/mol. The van der Waals surface area contributed by atoms with Crippen LogP contribution in [0.2, 0.25) is 0 Å². The molecule has 1 aromatic heterocycles. The highest BCUT2D eigenvalue weighted by molar-refractivity contribution is 9.10. The smallest absolute Gasteiger partial charge is 0.273 e. The van der Waals surface area contributed by atoms with E-state index in [1.807, 2.05) is 36.5 Å². The number of methoxy groups -OCH3 is 3. The van der Waals surface area contributed by atoms with Crippen LogP contribution >= 0.6 is 15.9 Å². The third-order valence-corrected chi connectivity index (χ3v) is 5.42. The largest absolute Gasteiger partial charge is 0.495 e. The molecule has 1 atom stereocenters. The highest BCUT2D eigenvalue weighted by atomic mass is 79.9. The number of carbonyl (C=O) groups excluding carboxylic acids is 1. The number of benzene rings is 2. The first-order valence-corrected chi connectivity index (χ1v) is 10.2. The van der Waals surface area contributed by atoms with E-state index < -0.39 is 6.10 Å². The molecule has 3 rings (SSSR count). The first kappa shape index (κ1) is 22.5. The monoisotopic (exact) mass is 486 g/mol. The van der Waals surface area contributed by atoms with E-state index in [4.69, 9.17) is 14.2 Å². The Morgan fingerprint density at radius 2 is 1.77 bits per heavy atom. The van der Waals surface area contributed by atoms with Crippen LogP contribution in [0.3, 0.4) is 0 Å². The molecule has 0 aliphatic heterocycles. The fourth-order valence-electron chi connectivity index (χ4n) is 2.96. The molecule has 1 heterocycles. The van der Waals surface area contributed by atoms with Gasteiger partial charge in [-0.1, -0.05) is 12.1 Å². The summed E-state index contributed by atoms with van der Waals surface area (Å²) >= 11 is 3.44. The Morgan fingerprint density at radius 3 is 2.29 bits per heavy atom. The molecular weight excluding hydrogens is 464 g/mol. The summed E-state index contributed by atoms with van der Waals surface area (Å²) in [6, 6.07) is 12.8.